The Morgan fingerprint density at radius 1 is 1.21 bits per heavy atom. The molecule has 2 heterocycles. The number of carbonyl (C=O) groups excluding carboxylic acids is 2. The molecule has 1 aromatic heterocycles. The quantitative estimate of drug-likeness (QED) is 0.260. The number of halogens is 4. The van der Waals surface area contributed by atoms with Gasteiger partial charge in [-0.1, -0.05) is 11.6 Å². The van der Waals surface area contributed by atoms with Gasteiger partial charge in [0, 0.05) is 32.4 Å². The number of nitrogens with two attached hydrogens (primary N) is 1. The highest BCUT2D eigenvalue weighted by Crippen LogP contribution is 2.33. The van der Waals surface area contributed by atoms with Crippen molar-refractivity contribution in [1.82, 2.24) is 9.88 Å². The SMILES string of the molecule is CCOC(=O)/C(C#N)=C\C(C(=O)OCC)=C(/N)N1CCN(c2ncc(C(F)(F)F)cc2Cl)CC1. The average Bonchev–Trinajstić information content (AvgIpc) is 2.79. The Balaban J connectivity index is 2.27. The van der Waals surface area contributed by atoms with E-state index in [9.17, 15) is 28.0 Å². The van der Waals surface area contributed by atoms with Crippen LogP contribution in [-0.2, 0) is 25.2 Å². The number of aromatic nitrogens is 1. The number of hydrogen-bond donors (Lipinski definition) is 1. The number of esters is 2. The third-order valence-corrected chi connectivity index (χ3v) is 5.02. The van der Waals surface area contributed by atoms with Crippen LogP contribution in [0.15, 0.2) is 35.3 Å². The van der Waals surface area contributed by atoms with E-state index in [1.807, 2.05) is 0 Å². The van der Waals surface area contributed by atoms with Gasteiger partial charge in [-0.05, 0) is 26.0 Å². The first-order valence-electron chi connectivity index (χ1n) is 10.2. The van der Waals surface area contributed by atoms with Gasteiger partial charge in [-0.3, -0.25) is 0 Å². The highest BCUT2D eigenvalue weighted by molar-refractivity contribution is 6.33. The van der Waals surface area contributed by atoms with Crippen molar-refractivity contribution >= 4 is 29.4 Å². The number of pyridine rings is 1. The molecule has 0 atom stereocenters. The van der Waals surface area contributed by atoms with Gasteiger partial charge in [0.05, 0.1) is 23.8 Å². The smallest absolute Gasteiger partial charge is 0.417 e. The molecule has 1 aliphatic rings. The highest BCUT2D eigenvalue weighted by atomic mass is 35.5. The van der Waals surface area contributed by atoms with E-state index in [0.29, 0.717) is 6.20 Å². The maximum atomic E-state index is 12.9. The third-order valence-electron chi connectivity index (χ3n) is 4.74. The summed E-state index contributed by atoms with van der Waals surface area (Å²) in [5.41, 5.74) is 4.63. The minimum Gasteiger partial charge on any atom is -0.462 e. The van der Waals surface area contributed by atoms with Crippen LogP contribution in [0.2, 0.25) is 5.02 Å². The Kier molecular flexibility index (Phi) is 9.14. The minimum atomic E-state index is -4.56. The molecule has 0 radical (unpaired) electrons. The van der Waals surface area contributed by atoms with E-state index in [-0.39, 0.29) is 61.6 Å². The van der Waals surface area contributed by atoms with Crippen LogP contribution in [0, 0.1) is 11.3 Å². The topological polar surface area (TPSA) is 122 Å². The van der Waals surface area contributed by atoms with Crippen molar-refractivity contribution in [3.05, 3.63) is 45.9 Å². The Labute approximate surface area is 199 Å². The van der Waals surface area contributed by atoms with E-state index >= 15 is 0 Å². The number of ether oxygens (including phenoxy) is 2. The molecule has 1 aliphatic heterocycles. The number of alkyl halides is 3. The Morgan fingerprint density at radius 3 is 2.29 bits per heavy atom. The van der Waals surface area contributed by atoms with Crippen molar-refractivity contribution in [2.75, 3.05) is 44.3 Å². The number of hydrogen-bond acceptors (Lipinski definition) is 9. The van der Waals surface area contributed by atoms with Gasteiger partial charge in [0.1, 0.15) is 28.9 Å². The van der Waals surface area contributed by atoms with Crippen LogP contribution in [0.3, 0.4) is 0 Å². The van der Waals surface area contributed by atoms with Crippen molar-refractivity contribution < 1.29 is 32.2 Å². The maximum Gasteiger partial charge on any atom is 0.417 e. The molecule has 2 N–H and O–H groups in total. The van der Waals surface area contributed by atoms with Gasteiger partial charge in [-0.2, -0.15) is 18.4 Å². The van der Waals surface area contributed by atoms with Crippen LogP contribution in [0.25, 0.3) is 0 Å². The van der Waals surface area contributed by atoms with Crippen molar-refractivity contribution in [3.8, 4) is 6.07 Å². The van der Waals surface area contributed by atoms with Crippen LogP contribution in [0.1, 0.15) is 19.4 Å². The zero-order chi connectivity index (χ0) is 25.5. The van der Waals surface area contributed by atoms with Crippen molar-refractivity contribution in [3.63, 3.8) is 0 Å². The highest BCUT2D eigenvalue weighted by Gasteiger charge is 2.32. The second kappa shape index (κ2) is 11.6. The van der Waals surface area contributed by atoms with E-state index in [0.717, 1.165) is 12.1 Å². The summed E-state index contributed by atoms with van der Waals surface area (Å²) < 4.78 is 48.4. The first-order valence-corrected chi connectivity index (χ1v) is 10.6. The van der Waals surface area contributed by atoms with Crippen LogP contribution in [0.4, 0.5) is 19.0 Å². The molecule has 1 aromatic rings. The summed E-state index contributed by atoms with van der Waals surface area (Å²) in [6, 6.07) is 2.49. The lowest BCUT2D eigenvalue weighted by atomic mass is 10.1. The Bertz CT molecular complexity index is 1030. The molecular weight excluding hydrogens is 479 g/mol. The van der Waals surface area contributed by atoms with Gasteiger partial charge in [-0.25, -0.2) is 14.6 Å². The van der Waals surface area contributed by atoms with Gasteiger partial charge in [0.2, 0.25) is 0 Å². The van der Waals surface area contributed by atoms with E-state index in [2.05, 4.69) is 4.98 Å². The summed E-state index contributed by atoms with van der Waals surface area (Å²) in [6.45, 7) is 4.30. The molecule has 184 valence electrons. The van der Waals surface area contributed by atoms with Crippen LogP contribution < -0.4 is 10.6 Å². The maximum absolute atomic E-state index is 12.9. The lowest BCUT2D eigenvalue weighted by Crippen LogP contribution is -2.48. The number of rotatable bonds is 7. The van der Waals surface area contributed by atoms with Gasteiger partial charge >= 0.3 is 18.1 Å². The second-order valence-electron chi connectivity index (χ2n) is 6.91. The number of nitrogens with zero attached hydrogens (tertiary/aromatic N) is 4. The van der Waals surface area contributed by atoms with E-state index in [1.165, 1.54) is 0 Å². The van der Waals surface area contributed by atoms with Crippen LogP contribution in [0.5, 0.6) is 0 Å². The molecule has 1 fully saturated rings. The number of piperazine rings is 1. The van der Waals surface area contributed by atoms with Crippen molar-refractivity contribution in [2.24, 2.45) is 5.73 Å². The molecule has 0 aliphatic carbocycles. The fraction of sp³-hybridized carbons (Fsp3) is 0.429. The third kappa shape index (κ3) is 6.54. The van der Waals surface area contributed by atoms with Gasteiger partial charge < -0.3 is 25.0 Å². The molecular formula is C21H23ClF3N5O4. The van der Waals surface area contributed by atoms with Gasteiger partial charge in [0.15, 0.2) is 0 Å². The summed E-state index contributed by atoms with van der Waals surface area (Å²) in [5.74, 6) is -1.57. The van der Waals surface area contributed by atoms with Crippen LogP contribution >= 0.6 is 11.6 Å². The zero-order valence-electron chi connectivity index (χ0n) is 18.5. The molecule has 0 saturated carbocycles. The van der Waals surface area contributed by atoms with Gasteiger partial charge in [0.25, 0.3) is 0 Å². The van der Waals surface area contributed by atoms with E-state index < -0.39 is 29.3 Å². The molecule has 0 aromatic carbocycles. The number of nitriles is 1. The van der Waals surface area contributed by atoms with Crippen LogP contribution in [-0.4, -0.2) is 61.2 Å². The number of anilines is 1. The lowest BCUT2D eigenvalue weighted by molar-refractivity contribution is -0.139. The Hall–Kier alpha value is -3.46. The molecule has 0 unspecified atom stereocenters. The number of carbonyl (C=O) groups is 2. The molecule has 9 nitrogen and oxygen atoms in total. The molecule has 0 amide bonds. The largest absolute Gasteiger partial charge is 0.462 e. The van der Waals surface area contributed by atoms with Crippen molar-refractivity contribution in [2.45, 2.75) is 20.0 Å². The fourth-order valence-electron chi connectivity index (χ4n) is 3.08. The fourth-order valence-corrected chi connectivity index (χ4v) is 3.37. The summed E-state index contributed by atoms with van der Waals surface area (Å²) >= 11 is 6.03. The predicted octanol–water partition coefficient (Wildman–Crippen LogP) is 2.62. The first-order chi connectivity index (χ1) is 16.0. The average molecular weight is 502 g/mol. The van der Waals surface area contributed by atoms with E-state index in [1.54, 1.807) is 29.7 Å². The first kappa shape index (κ1) is 26.8. The molecule has 1 saturated heterocycles. The molecule has 0 bridgehead atoms. The monoisotopic (exact) mass is 501 g/mol. The molecule has 34 heavy (non-hydrogen) atoms. The second-order valence-corrected chi connectivity index (χ2v) is 7.32. The molecule has 0 spiro atoms. The minimum absolute atomic E-state index is 0.0263. The normalized spacial score (nSPS) is 15.4. The zero-order valence-corrected chi connectivity index (χ0v) is 19.2. The van der Waals surface area contributed by atoms with E-state index in [4.69, 9.17) is 26.8 Å². The molecule has 13 heteroatoms. The summed E-state index contributed by atoms with van der Waals surface area (Å²) in [4.78, 5) is 31.6. The van der Waals surface area contributed by atoms with Gasteiger partial charge in [-0.15, -0.1) is 0 Å². The summed E-state index contributed by atoms with van der Waals surface area (Å²) in [6.07, 6.45) is -2.83. The Morgan fingerprint density at radius 2 is 1.79 bits per heavy atom. The van der Waals surface area contributed by atoms with Crippen molar-refractivity contribution in [1.29, 1.82) is 5.26 Å². The summed E-state index contributed by atoms with van der Waals surface area (Å²) in [5, 5.41) is 9.14. The summed E-state index contributed by atoms with van der Waals surface area (Å²) in [7, 11) is 0. The predicted molar refractivity (Wildman–Crippen MR) is 116 cm³/mol. The standard InChI is InChI=1S/C21H23ClF3N5O4/c1-3-33-19(31)13(11-26)9-15(20(32)34-4-2)17(27)29-5-7-30(8-6-29)18-16(22)10-14(12-28-18)21(23,24)25/h9-10,12H,3-8,27H2,1-2H3/b13-9-,17-15-. The molecule has 2 rings (SSSR count). The lowest BCUT2D eigenvalue weighted by Gasteiger charge is -2.37.